The van der Waals surface area contributed by atoms with E-state index in [0.717, 1.165) is 25.7 Å². The van der Waals surface area contributed by atoms with Crippen LogP contribution in [0.5, 0.6) is 0 Å². The zero-order valence-corrected chi connectivity index (χ0v) is 12.9. The average Bonchev–Trinajstić information content (AvgIpc) is 2.73. The lowest BCUT2D eigenvalue weighted by Crippen LogP contribution is -2.39. The van der Waals surface area contributed by atoms with Gasteiger partial charge in [0.1, 0.15) is 5.82 Å². The zero-order valence-electron chi connectivity index (χ0n) is 11.3. The molecular formula is C15H18BrFN2O. The van der Waals surface area contributed by atoms with Crippen LogP contribution in [0.15, 0.2) is 16.6 Å². The van der Waals surface area contributed by atoms with Gasteiger partial charge in [-0.15, -0.1) is 0 Å². The van der Waals surface area contributed by atoms with Crippen LogP contribution in [-0.4, -0.2) is 12.5 Å². The Hall–Kier alpha value is -1.10. The van der Waals surface area contributed by atoms with Crippen molar-refractivity contribution in [3.05, 3.63) is 22.4 Å². The summed E-state index contributed by atoms with van der Waals surface area (Å²) in [5.74, 6) is -0.244. The summed E-state index contributed by atoms with van der Waals surface area (Å²) in [6, 6.07) is 3.07. The molecule has 20 heavy (non-hydrogen) atoms. The minimum absolute atomic E-state index is 0.0733. The summed E-state index contributed by atoms with van der Waals surface area (Å²) < 4.78 is 14.0. The van der Waals surface area contributed by atoms with Gasteiger partial charge in [0.25, 0.3) is 0 Å². The first-order valence-electron chi connectivity index (χ1n) is 7.15. The maximum atomic E-state index is 13.6. The highest BCUT2D eigenvalue weighted by molar-refractivity contribution is 9.10. The molecule has 0 saturated heterocycles. The fraction of sp³-hybridized carbons (Fsp3) is 0.533. The van der Waals surface area contributed by atoms with E-state index in [1.165, 1.54) is 18.9 Å². The average molecular weight is 341 g/mol. The topological polar surface area (TPSA) is 41.1 Å². The second-order valence-corrected chi connectivity index (χ2v) is 6.67. The van der Waals surface area contributed by atoms with E-state index in [9.17, 15) is 9.18 Å². The van der Waals surface area contributed by atoms with Crippen molar-refractivity contribution in [2.24, 2.45) is 5.41 Å². The fourth-order valence-electron chi connectivity index (χ4n) is 3.21. The largest absolute Gasteiger partial charge is 0.382 e. The van der Waals surface area contributed by atoms with Crippen LogP contribution < -0.4 is 10.6 Å². The van der Waals surface area contributed by atoms with Gasteiger partial charge < -0.3 is 10.6 Å². The molecule has 1 aromatic rings. The number of hydrogen-bond acceptors (Lipinski definition) is 2. The molecule has 0 aromatic heterocycles. The Morgan fingerprint density at radius 2 is 1.80 bits per heavy atom. The van der Waals surface area contributed by atoms with Crippen LogP contribution in [0, 0.1) is 11.2 Å². The smallest absolute Gasteiger partial charge is 0.232 e. The number of hydrogen-bond donors (Lipinski definition) is 2. The van der Waals surface area contributed by atoms with Crippen LogP contribution in [-0.2, 0) is 4.79 Å². The minimum Gasteiger partial charge on any atom is -0.382 e. The number of amides is 1. The van der Waals surface area contributed by atoms with Gasteiger partial charge in [0.2, 0.25) is 5.91 Å². The van der Waals surface area contributed by atoms with Gasteiger partial charge in [0, 0.05) is 12.6 Å². The summed E-state index contributed by atoms with van der Waals surface area (Å²) in [5, 5.41) is 6.25. The predicted octanol–water partition coefficient (Wildman–Crippen LogP) is 4.29. The molecule has 0 radical (unpaired) electrons. The van der Waals surface area contributed by atoms with E-state index in [0.29, 0.717) is 22.4 Å². The van der Waals surface area contributed by atoms with E-state index in [-0.39, 0.29) is 17.1 Å². The Balaban J connectivity index is 1.93. The van der Waals surface area contributed by atoms with Crippen molar-refractivity contribution in [3.63, 3.8) is 0 Å². The highest BCUT2D eigenvalue weighted by Gasteiger charge is 2.40. The van der Waals surface area contributed by atoms with Crippen molar-refractivity contribution >= 4 is 33.2 Å². The lowest BCUT2D eigenvalue weighted by atomic mass is 9.79. The Kier molecular flexibility index (Phi) is 3.71. The Morgan fingerprint density at radius 3 is 2.50 bits per heavy atom. The zero-order chi connectivity index (χ0) is 14.2. The lowest BCUT2D eigenvalue weighted by Gasteiger charge is -2.29. The molecule has 3 nitrogen and oxygen atoms in total. The van der Waals surface area contributed by atoms with Crippen molar-refractivity contribution in [2.75, 3.05) is 17.2 Å². The number of halogens is 2. The minimum atomic E-state index is -0.349. The van der Waals surface area contributed by atoms with Crippen molar-refractivity contribution in [2.45, 2.75) is 38.5 Å². The van der Waals surface area contributed by atoms with Gasteiger partial charge in [-0.2, -0.15) is 0 Å². The molecule has 2 aliphatic rings. The molecular weight excluding hydrogens is 323 g/mol. The summed E-state index contributed by atoms with van der Waals surface area (Å²) in [4.78, 5) is 12.6. The maximum absolute atomic E-state index is 13.6. The predicted molar refractivity (Wildman–Crippen MR) is 81.4 cm³/mol. The SMILES string of the molecule is O=C1Nc2cc(Br)c(F)cc2NCC12CCCCCC2. The number of anilines is 2. The molecule has 2 N–H and O–H groups in total. The molecule has 1 amide bonds. The molecule has 1 saturated carbocycles. The first kappa shape index (κ1) is 13.9. The van der Waals surface area contributed by atoms with E-state index in [2.05, 4.69) is 26.6 Å². The van der Waals surface area contributed by atoms with Gasteiger partial charge in [0.05, 0.1) is 21.3 Å². The van der Waals surface area contributed by atoms with E-state index in [1.807, 2.05) is 0 Å². The molecule has 1 aliphatic heterocycles. The van der Waals surface area contributed by atoms with Gasteiger partial charge in [-0.1, -0.05) is 25.7 Å². The first-order valence-corrected chi connectivity index (χ1v) is 7.94. The van der Waals surface area contributed by atoms with Gasteiger partial charge in [0.15, 0.2) is 0 Å². The molecule has 3 rings (SSSR count). The lowest BCUT2D eigenvalue weighted by molar-refractivity contribution is -0.125. The van der Waals surface area contributed by atoms with E-state index >= 15 is 0 Å². The molecule has 1 aliphatic carbocycles. The number of carbonyl (C=O) groups excluding carboxylic acids is 1. The summed E-state index contributed by atoms with van der Waals surface area (Å²) in [7, 11) is 0. The second kappa shape index (κ2) is 5.35. The van der Waals surface area contributed by atoms with Crippen molar-refractivity contribution in [1.29, 1.82) is 0 Å². The molecule has 5 heteroatoms. The van der Waals surface area contributed by atoms with Crippen LogP contribution in [0.3, 0.4) is 0 Å². The van der Waals surface area contributed by atoms with Gasteiger partial charge in [-0.3, -0.25) is 4.79 Å². The number of benzene rings is 1. The first-order chi connectivity index (χ1) is 9.61. The summed E-state index contributed by atoms with van der Waals surface area (Å²) >= 11 is 3.17. The molecule has 1 aromatic carbocycles. The quantitative estimate of drug-likeness (QED) is 0.739. The Morgan fingerprint density at radius 1 is 1.10 bits per heavy atom. The highest BCUT2D eigenvalue weighted by Crippen LogP contribution is 2.40. The van der Waals surface area contributed by atoms with Crippen LogP contribution in [0.1, 0.15) is 38.5 Å². The van der Waals surface area contributed by atoms with E-state index in [1.54, 1.807) is 6.07 Å². The maximum Gasteiger partial charge on any atom is 0.232 e. The Labute approximate surface area is 126 Å². The fourth-order valence-corrected chi connectivity index (χ4v) is 3.55. The van der Waals surface area contributed by atoms with Crippen LogP contribution in [0.4, 0.5) is 15.8 Å². The monoisotopic (exact) mass is 340 g/mol. The number of carbonyl (C=O) groups is 1. The third-order valence-corrected chi connectivity index (χ3v) is 5.08. The van der Waals surface area contributed by atoms with Gasteiger partial charge in [-0.05, 0) is 34.8 Å². The highest BCUT2D eigenvalue weighted by atomic mass is 79.9. The molecule has 0 atom stereocenters. The molecule has 1 fully saturated rings. The summed E-state index contributed by atoms with van der Waals surface area (Å²) in [6.45, 7) is 0.590. The van der Waals surface area contributed by atoms with Crippen LogP contribution in [0.2, 0.25) is 0 Å². The van der Waals surface area contributed by atoms with Crippen molar-refractivity contribution < 1.29 is 9.18 Å². The number of rotatable bonds is 0. The third kappa shape index (κ3) is 2.43. The molecule has 108 valence electrons. The second-order valence-electron chi connectivity index (χ2n) is 5.81. The van der Waals surface area contributed by atoms with Gasteiger partial charge >= 0.3 is 0 Å². The number of nitrogens with one attached hydrogen (secondary N) is 2. The van der Waals surface area contributed by atoms with Crippen molar-refractivity contribution in [3.8, 4) is 0 Å². The Bertz CT molecular complexity index is 539. The van der Waals surface area contributed by atoms with Crippen molar-refractivity contribution in [1.82, 2.24) is 0 Å². The van der Waals surface area contributed by atoms with Gasteiger partial charge in [-0.25, -0.2) is 4.39 Å². The summed E-state index contributed by atoms with van der Waals surface area (Å²) in [5.41, 5.74) is 0.975. The summed E-state index contributed by atoms with van der Waals surface area (Å²) in [6.07, 6.45) is 6.38. The van der Waals surface area contributed by atoms with E-state index < -0.39 is 0 Å². The molecule has 0 unspecified atom stereocenters. The van der Waals surface area contributed by atoms with Crippen LogP contribution >= 0.6 is 15.9 Å². The van der Waals surface area contributed by atoms with E-state index in [4.69, 9.17) is 0 Å². The molecule has 1 heterocycles. The number of fused-ring (bicyclic) bond motifs is 1. The molecule has 1 spiro atoms. The standard InChI is InChI=1S/C15H18BrFN2O/c16-10-7-13-12(8-11(10)17)18-9-15(14(20)19-13)5-3-1-2-4-6-15/h7-8,18H,1-6,9H2,(H,19,20). The van der Waals surface area contributed by atoms with Crippen LogP contribution in [0.25, 0.3) is 0 Å². The third-order valence-electron chi connectivity index (χ3n) is 4.47. The molecule has 0 bridgehead atoms. The normalized spacial score (nSPS) is 21.4.